The minimum atomic E-state index is -3.25. The Kier molecular flexibility index (Phi) is 3.99. The highest BCUT2D eigenvalue weighted by molar-refractivity contribution is 7.93. The first-order valence-electron chi connectivity index (χ1n) is 7.97. The monoisotopic (exact) mass is 379 g/mol. The smallest absolute Gasteiger partial charge is 0.316 e. The van der Waals surface area contributed by atoms with Gasteiger partial charge >= 0.3 is 6.01 Å². The molecule has 0 N–H and O–H groups in total. The van der Waals surface area contributed by atoms with E-state index >= 15 is 0 Å². The molecule has 2 aromatic rings. The Labute approximate surface area is 149 Å². The molecule has 1 spiro atoms. The van der Waals surface area contributed by atoms with Crippen LogP contribution in [0.25, 0.3) is 0 Å². The van der Waals surface area contributed by atoms with Gasteiger partial charge < -0.3 is 9.64 Å². The van der Waals surface area contributed by atoms with E-state index in [0.717, 1.165) is 0 Å². The van der Waals surface area contributed by atoms with Crippen LogP contribution in [0.3, 0.4) is 0 Å². The number of amides is 1. The second-order valence-electron chi connectivity index (χ2n) is 6.35. The van der Waals surface area contributed by atoms with E-state index in [1.165, 1.54) is 11.3 Å². The molecular formula is C16H17N3O4S2. The fraction of sp³-hybridized carbons (Fsp3) is 0.438. The number of thiophene rings is 1. The van der Waals surface area contributed by atoms with Gasteiger partial charge in [-0.2, -0.15) is 0 Å². The van der Waals surface area contributed by atoms with Crippen LogP contribution in [0, 0.1) is 5.92 Å². The number of likely N-dealkylation sites (tertiary alicyclic amines) is 1. The number of ether oxygens (including phenoxy) is 1. The highest BCUT2D eigenvalue weighted by Crippen LogP contribution is 2.45. The third-order valence-corrected chi connectivity index (χ3v) is 8.45. The Hall–Kier alpha value is -2.00. The van der Waals surface area contributed by atoms with Crippen molar-refractivity contribution in [3.8, 4) is 6.01 Å². The van der Waals surface area contributed by atoms with Gasteiger partial charge in [-0.3, -0.25) is 4.79 Å². The summed E-state index contributed by atoms with van der Waals surface area (Å²) in [6.45, 7) is 0.704. The Morgan fingerprint density at radius 2 is 2.08 bits per heavy atom. The van der Waals surface area contributed by atoms with Crippen molar-refractivity contribution in [3.63, 3.8) is 0 Å². The lowest BCUT2D eigenvalue weighted by molar-refractivity contribution is 0.0408. The van der Waals surface area contributed by atoms with Crippen LogP contribution in [-0.4, -0.2) is 59.4 Å². The summed E-state index contributed by atoms with van der Waals surface area (Å²) in [5.74, 6) is -0.125. The number of nitrogens with zero attached hydrogens (tertiary/aromatic N) is 3. The topological polar surface area (TPSA) is 89.5 Å². The predicted octanol–water partition coefficient (Wildman–Crippen LogP) is 1.25. The Balaban J connectivity index is 1.47. The molecule has 0 aliphatic carbocycles. The van der Waals surface area contributed by atoms with Crippen molar-refractivity contribution in [3.05, 3.63) is 40.8 Å². The minimum Gasteiger partial charge on any atom is -0.463 e. The zero-order valence-electron chi connectivity index (χ0n) is 13.4. The summed E-state index contributed by atoms with van der Waals surface area (Å²) in [6.07, 6.45) is 3.69. The zero-order chi connectivity index (χ0) is 17.5. The Morgan fingerprint density at radius 3 is 2.76 bits per heavy atom. The average Bonchev–Trinajstić information content (AvgIpc) is 3.18. The molecule has 2 aliphatic rings. The molecule has 0 saturated carbocycles. The molecule has 1 atom stereocenters. The van der Waals surface area contributed by atoms with E-state index in [0.29, 0.717) is 11.3 Å². The third kappa shape index (κ3) is 2.71. The first kappa shape index (κ1) is 16.5. The van der Waals surface area contributed by atoms with E-state index in [1.807, 2.05) is 11.4 Å². The molecular weight excluding hydrogens is 362 g/mol. The fourth-order valence-corrected chi connectivity index (χ4v) is 6.63. The SMILES string of the molecule is O=C(c1cccs1)N1CC2(C1)[C@H](COc1ncccn1)CCS2(=O)=O. The van der Waals surface area contributed by atoms with E-state index < -0.39 is 14.6 Å². The van der Waals surface area contributed by atoms with Gasteiger partial charge in [-0.05, 0) is 23.9 Å². The van der Waals surface area contributed by atoms with Crippen LogP contribution in [0.5, 0.6) is 6.01 Å². The molecule has 2 saturated heterocycles. The maximum atomic E-state index is 12.6. The second-order valence-corrected chi connectivity index (χ2v) is 9.75. The molecule has 2 aromatic heterocycles. The van der Waals surface area contributed by atoms with Gasteiger partial charge in [0.25, 0.3) is 5.91 Å². The van der Waals surface area contributed by atoms with Crippen LogP contribution >= 0.6 is 11.3 Å². The van der Waals surface area contributed by atoms with Gasteiger partial charge in [-0.15, -0.1) is 11.3 Å². The first-order valence-corrected chi connectivity index (χ1v) is 10.5. The molecule has 0 aromatic carbocycles. The second kappa shape index (κ2) is 6.06. The van der Waals surface area contributed by atoms with Gasteiger partial charge in [0.1, 0.15) is 4.75 Å². The molecule has 1 amide bonds. The maximum Gasteiger partial charge on any atom is 0.316 e. The van der Waals surface area contributed by atoms with Gasteiger partial charge in [-0.25, -0.2) is 18.4 Å². The average molecular weight is 379 g/mol. The van der Waals surface area contributed by atoms with Crippen molar-refractivity contribution in [1.29, 1.82) is 0 Å². The zero-order valence-corrected chi connectivity index (χ0v) is 15.0. The number of hydrogen-bond acceptors (Lipinski definition) is 7. The number of hydrogen-bond donors (Lipinski definition) is 0. The van der Waals surface area contributed by atoms with E-state index in [9.17, 15) is 13.2 Å². The molecule has 4 heterocycles. The first-order chi connectivity index (χ1) is 12.0. The van der Waals surface area contributed by atoms with Crippen LogP contribution in [0.15, 0.2) is 36.0 Å². The normalized spacial score (nSPS) is 23.4. The quantitative estimate of drug-likeness (QED) is 0.794. The fourth-order valence-electron chi connectivity index (χ4n) is 3.54. The molecule has 9 heteroatoms. The van der Waals surface area contributed by atoms with E-state index in [2.05, 4.69) is 9.97 Å². The molecule has 0 radical (unpaired) electrons. The van der Waals surface area contributed by atoms with E-state index in [-0.39, 0.29) is 43.3 Å². The summed E-state index contributed by atoms with van der Waals surface area (Å²) in [7, 11) is -3.25. The molecule has 0 unspecified atom stereocenters. The lowest BCUT2D eigenvalue weighted by Crippen LogP contribution is -2.68. The molecule has 4 rings (SSSR count). The highest BCUT2D eigenvalue weighted by Gasteiger charge is 2.62. The molecule has 2 aliphatic heterocycles. The summed E-state index contributed by atoms with van der Waals surface area (Å²) in [4.78, 5) is 22.7. The highest BCUT2D eigenvalue weighted by atomic mass is 32.2. The summed E-state index contributed by atoms with van der Waals surface area (Å²) >= 11 is 1.37. The van der Waals surface area contributed by atoms with Gasteiger partial charge in [0.15, 0.2) is 9.84 Å². The lowest BCUT2D eigenvalue weighted by Gasteiger charge is -2.49. The van der Waals surface area contributed by atoms with Crippen molar-refractivity contribution in [1.82, 2.24) is 14.9 Å². The van der Waals surface area contributed by atoms with Crippen molar-refractivity contribution in [2.75, 3.05) is 25.4 Å². The van der Waals surface area contributed by atoms with Gasteiger partial charge in [0.05, 0.1) is 17.2 Å². The molecule has 0 bridgehead atoms. The Morgan fingerprint density at radius 1 is 1.32 bits per heavy atom. The minimum absolute atomic E-state index is 0.103. The van der Waals surface area contributed by atoms with Crippen molar-refractivity contribution in [2.24, 2.45) is 5.92 Å². The van der Waals surface area contributed by atoms with Crippen LogP contribution in [0.2, 0.25) is 0 Å². The number of aromatic nitrogens is 2. The van der Waals surface area contributed by atoms with Crippen LogP contribution < -0.4 is 4.74 Å². The number of carbonyl (C=O) groups excluding carboxylic acids is 1. The molecule has 132 valence electrons. The van der Waals surface area contributed by atoms with E-state index in [4.69, 9.17) is 4.74 Å². The number of sulfone groups is 1. The summed E-state index contributed by atoms with van der Waals surface area (Å²) in [5, 5.41) is 1.84. The number of carbonyl (C=O) groups is 1. The molecule has 2 fully saturated rings. The molecule has 7 nitrogen and oxygen atoms in total. The number of rotatable bonds is 4. The van der Waals surface area contributed by atoms with E-state index in [1.54, 1.807) is 29.4 Å². The van der Waals surface area contributed by atoms with Crippen LogP contribution in [0.4, 0.5) is 0 Å². The largest absolute Gasteiger partial charge is 0.463 e. The third-order valence-electron chi connectivity index (χ3n) is 4.99. The summed E-state index contributed by atoms with van der Waals surface area (Å²) < 4.78 is 29.9. The summed E-state index contributed by atoms with van der Waals surface area (Å²) in [6, 6.07) is 5.51. The standard InChI is InChI=1S/C16H17N3O4S2/c20-14(13-3-1-7-24-13)19-10-16(11-19)12(4-8-25(16,21)22)9-23-15-17-5-2-6-18-15/h1-3,5-7,12H,4,8-11H2/t12-/m0/s1. The van der Waals surface area contributed by atoms with Crippen molar-refractivity contribution in [2.45, 2.75) is 11.2 Å². The lowest BCUT2D eigenvalue weighted by atomic mass is 9.83. The van der Waals surface area contributed by atoms with Gasteiger partial charge in [-0.1, -0.05) is 6.07 Å². The van der Waals surface area contributed by atoms with Gasteiger partial charge in [0, 0.05) is 31.4 Å². The van der Waals surface area contributed by atoms with Crippen LogP contribution in [0.1, 0.15) is 16.1 Å². The van der Waals surface area contributed by atoms with Gasteiger partial charge in [0.2, 0.25) is 0 Å². The van der Waals surface area contributed by atoms with Crippen molar-refractivity contribution >= 4 is 27.1 Å². The molecule has 25 heavy (non-hydrogen) atoms. The predicted molar refractivity (Wildman–Crippen MR) is 92.4 cm³/mol. The maximum absolute atomic E-state index is 12.6. The van der Waals surface area contributed by atoms with Crippen molar-refractivity contribution < 1.29 is 17.9 Å². The summed E-state index contributed by atoms with van der Waals surface area (Å²) in [5.41, 5.74) is 0. The van der Waals surface area contributed by atoms with Crippen LogP contribution in [-0.2, 0) is 9.84 Å². The Bertz CT molecular complexity index is 862.